The van der Waals surface area contributed by atoms with Gasteiger partial charge in [0.2, 0.25) is 0 Å². The van der Waals surface area contributed by atoms with Crippen molar-refractivity contribution in [3.8, 4) is 5.75 Å². The van der Waals surface area contributed by atoms with Gasteiger partial charge in [-0.3, -0.25) is 4.99 Å². The summed E-state index contributed by atoms with van der Waals surface area (Å²) in [6.45, 7) is 8.29. The van der Waals surface area contributed by atoms with Crippen LogP contribution in [0.2, 0.25) is 0 Å². The van der Waals surface area contributed by atoms with Gasteiger partial charge in [-0.25, -0.2) is 4.79 Å². The van der Waals surface area contributed by atoms with E-state index in [1.807, 2.05) is 30.5 Å². The van der Waals surface area contributed by atoms with E-state index < -0.39 is 0 Å². The summed E-state index contributed by atoms with van der Waals surface area (Å²) < 4.78 is 10.8. The quantitative estimate of drug-likeness (QED) is 0.0853. The Morgan fingerprint density at radius 2 is 1.42 bits per heavy atom. The Kier molecular flexibility index (Phi) is 15.0. The molecule has 0 atom stereocenters. The third-order valence-electron chi connectivity index (χ3n) is 6.14. The number of ether oxygens (including phenoxy) is 2. The number of hydrogen-bond donors (Lipinski definition) is 0. The molecule has 0 aliphatic carbocycles. The smallest absolute Gasteiger partial charge is 0.333 e. The number of carbonyl (C=O) groups is 1. The largest absolute Gasteiger partial charge is 0.493 e. The number of nitrogens with zero attached hydrogens (tertiary/aromatic N) is 1. The molecule has 0 aliphatic heterocycles. The van der Waals surface area contributed by atoms with Crippen molar-refractivity contribution in [3.05, 3.63) is 71.8 Å². The van der Waals surface area contributed by atoms with Gasteiger partial charge in [0.15, 0.2) is 0 Å². The summed E-state index contributed by atoms with van der Waals surface area (Å²) in [7, 11) is 0. The molecule has 0 fully saturated rings. The van der Waals surface area contributed by atoms with Gasteiger partial charge in [0.1, 0.15) is 5.75 Å². The van der Waals surface area contributed by atoms with Crippen LogP contribution in [0.5, 0.6) is 5.75 Å². The maximum absolute atomic E-state index is 11.3. The molecule has 4 heteroatoms. The van der Waals surface area contributed by atoms with Crippen LogP contribution in [-0.4, -0.2) is 25.4 Å². The Hall–Kier alpha value is -2.88. The minimum absolute atomic E-state index is 0.328. The van der Waals surface area contributed by atoms with E-state index in [2.05, 4.69) is 42.8 Å². The molecule has 36 heavy (non-hydrogen) atoms. The van der Waals surface area contributed by atoms with Crippen molar-refractivity contribution >= 4 is 17.9 Å². The van der Waals surface area contributed by atoms with Crippen molar-refractivity contribution in [1.29, 1.82) is 0 Å². The first kappa shape index (κ1) is 29.4. The lowest BCUT2D eigenvalue weighted by Crippen LogP contribution is -2.09. The molecular weight excluding hydrogens is 446 g/mol. The summed E-state index contributed by atoms with van der Waals surface area (Å²) in [6.07, 6.45) is 17.4. The molecule has 2 rings (SSSR count). The lowest BCUT2D eigenvalue weighted by Gasteiger charge is -2.07. The Morgan fingerprint density at radius 3 is 2.03 bits per heavy atom. The fourth-order valence-electron chi connectivity index (χ4n) is 3.90. The zero-order valence-electron chi connectivity index (χ0n) is 22.5. The average molecular weight is 492 g/mol. The van der Waals surface area contributed by atoms with Gasteiger partial charge in [0, 0.05) is 18.2 Å². The maximum atomic E-state index is 11.3. The van der Waals surface area contributed by atoms with E-state index in [0.717, 1.165) is 23.4 Å². The Labute approximate surface area is 218 Å². The van der Waals surface area contributed by atoms with Crippen molar-refractivity contribution < 1.29 is 14.3 Å². The molecule has 0 bridgehead atoms. The first-order valence-corrected chi connectivity index (χ1v) is 13.8. The van der Waals surface area contributed by atoms with E-state index in [1.165, 1.54) is 69.8 Å². The standard InChI is InChI=1S/C32H45NO3/c1-4-5-6-7-8-9-10-11-12-13-15-28-16-20-30(21-17-28)33-26-29-18-22-31(23-19-29)35-24-14-25-36-32(34)27(2)3/h16-23,26H,2,4-15,24-25H2,1,3H3. The molecule has 4 nitrogen and oxygen atoms in total. The monoisotopic (exact) mass is 491 g/mol. The number of unbranched alkanes of at least 4 members (excludes halogenated alkanes) is 9. The molecule has 0 heterocycles. The van der Waals surface area contributed by atoms with Gasteiger partial charge in [-0.15, -0.1) is 0 Å². The van der Waals surface area contributed by atoms with Gasteiger partial charge < -0.3 is 9.47 Å². The molecule has 0 aliphatic rings. The van der Waals surface area contributed by atoms with Crippen molar-refractivity contribution in [2.45, 2.75) is 90.9 Å². The first-order valence-electron chi connectivity index (χ1n) is 13.8. The molecule has 0 aromatic heterocycles. The molecule has 0 unspecified atom stereocenters. The predicted octanol–water partition coefficient (Wildman–Crippen LogP) is 8.79. The number of aliphatic imine (C=N–C) groups is 1. The second-order valence-corrected chi connectivity index (χ2v) is 9.54. The molecule has 2 aromatic carbocycles. The van der Waals surface area contributed by atoms with Crippen LogP contribution < -0.4 is 4.74 Å². The van der Waals surface area contributed by atoms with Crippen LogP contribution in [0.1, 0.15) is 95.6 Å². The number of esters is 1. The molecule has 0 saturated heterocycles. The molecule has 196 valence electrons. The van der Waals surface area contributed by atoms with E-state index in [9.17, 15) is 4.79 Å². The summed E-state index contributed by atoms with van der Waals surface area (Å²) in [6, 6.07) is 16.4. The molecule has 0 amide bonds. The topological polar surface area (TPSA) is 47.9 Å². The number of aryl methyl sites for hydroxylation is 1. The van der Waals surface area contributed by atoms with Gasteiger partial charge in [-0.1, -0.05) is 83.4 Å². The van der Waals surface area contributed by atoms with E-state index >= 15 is 0 Å². The third kappa shape index (κ3) is 13.3. The lowest BCUT2D eigenvalue weighted by atomic mass is 10.0. The van der Waals surface area contributed by atoms with Gasteiger partial charge in [-0.2, -0.15) is 0 Å². The van der Waals surface area contributed by atoms with Crippen LogP contribution in [-0.2, 0) is 16.0 Å². The Morgan fingerprint density at radius 1 is 0.806 bits per heavy atom. The minimum atomic E-state index is -0.359. The number of benzene rings is 2. The van der Waals surface area contributed by atoms with Gasteiger partial charge in [0.05, 0.1) is 18.9 Å². The summed E-state index contributed by atoms with van der Waals surface area (Å²) in [5, 5.41) is 0. The van der Waals surface area contributed by atoms with E-state index in [0.29, 0.717) is 25.2 Å². The molecule has 2 aromatic rings. The van der Waals surface area contributed by atoms with Crippen molar-refractivity contribution in [2.24, 2.45) is 4.99 Å². The Bertz CT molecular complexity index is 900. The fourth-order valence-corrected chi connectivity index (χ4v) is 3.90. The normalized spacial score (nSPS) is 11.1. The molecule has 0 saturated carbocycles. The maximum Gasteiger partial charge on any atom is 0.333 e. The highest BCUT2D eigenvalue weighted by Crippen LogP contribution is 2.17. The predicted molar refractivity (Wildman–Crippen MR) is 152 cm³/mol. The third-order valence-corrected chi connectivity index (χ3v) is 6.14. The molecule has 0 N–H and O–H groups in total. The Balaban J connectivity index is 1.59. The highest BCUT2D eigenvalue weighted by molar-refractivity contribution is 5.86. The summed E-state index contributed by atoms with van der Waals surface area (Å²) in [5.74, 6) is 0.428. The molecule has 0 spiro atoms. The summed E-state index contributed by atoms with van der Waals surface area (Å²) >= 11 is 0. The first-order chi connectivity index (χ1) is 17.6. The van der Waals surface area contributed by atoms with E-state index in [1.54, 1.807) is 6.92 Å². The summed E-state index contributed by atoms with van der Waals surface area (Å²) in [5.41, 5.74) is 3.79. The van der Waals surface area contributed by atoms with E-state index in [4.69, 9.17) is 9.47 Å². The number of rotatable bonds is 19. The highest BCUT2D eigenvalue weighted by Gasteiger charge is 2.02. The average Bonchev–Trinajstić information content (AvgIpc) is 2.89. The SMILES string of the molecule is C=C(C)C(=O)OCCCOc1ccc(C=Nc2ccc(CCCCCCCCCCCC)cc2)cc1. The second kappa shape index (κ2) is 18.4. The summed E-state index contributed by atoms with van der Waals surface area (Å²) in [4.78, 5) is 15.9. The van der Waals surface area contributed by atoms with Crippen LogP contribution >= 0.6 is 0 Å². The number of carbonyl (C=O) groups excluding carboxylic acids is 1. The fraction of sp³-hybridized carbons (Fsp3) is 0.500. The molecular formula is C32H45NO3. The van der Waals surface area contributed by atoms with Crippen LogP contribution in [0.4, 0.5) is 5.69 Å². The molecule has 0 radical (unpaired) electrons. The zero-order chi connectivity index (χ0) is 25.8. The lowest BCUT2D eigenvalue weighted by molar-refractivity contribution is -0.139. The van der Waals surface area contributed by atoms with Crippen LogP contribution in [0.15, 0.2) is 65.7 Å². The van der Waals surface area contributed by atoms with E-state index in [-0.39, 0.29) is 5.97 Å². The van der Waals surface area contributed by atoms with Gasteiger partial charge in [-0.05, 0) is 67.3 Å². The van der Waals surface area contributed by atoms with Crippen molar-refractivity contribution in [3.63, 3.8) is 0 Å². The van der Waals surface area contributed by atoms with Crippen LogP contribution in [0.25, 0.3) is 0 Å². The number of hydrogen-bond acceptors (Lipinski definition) is 4. The zero-order valence-corrected chi connectivity index (χ0v) is 22.5. The van der Waals surface area contributed by atoms with Crippen molar-refractivity contribution in [2.75, 3.05) is 13.2 Å². The van der Waals surface area contributed by atoms with Crippen LogP contribution in [0, 0.1) is 0 Å². The van der Waals surface area contributed by atoms with Crippen molar-refractivity contribution in [1.82, 2.24) is 0 Å². The second-order valence-electron chi connectivity index (χ2n) is 9.54. The van der Waals surface area contributed by atoms with Crippen LogP contribution in [0.3, 0.4) is 0 Å². The van der Waals surface area contributed by atoms with Gasteiger partial charge >= 0.3 is 5.97 Å². The highest BCUT2D eigenvalue weighted by atomic mass is 16.5. The van der Waals surface area contributed by atoms with Gasteiger partial charge in [0.25, 0.3) is 0 Å². The minimum Gasteiger partial charge on any atom is -0.493 e.